The highest BCUT2D eigenvalue weighted by Crippen LogP contribution is 2.18. The molecule has 1 amide bonds. The number of nitrogens with zero attached hydrogens (tertiary/aromatic N) is 1. The minimum Gasteiger partial charge on any atom is -0.370 e. The minimum absolute atomic E-state index is 0.0164. The van der Waals surface area contributed by atoms with E-state index in [0.717, 1.165) is 12.8 Å². The summed E-state index contributed by atoms with van der Waals surface area (Å²) in [4.78, 5) is 13.8. The molecule has 0 saturated carbocycles. The van der Waals surface area contributed by atoms with E-state index in [1.165, 1.54) is 0 Å². The first-order valence-electron chi connectivity index (χ1n) is 6.78. The van der Waals surface area contributed by atoms with Gasteiger partial charge in [0, 0.05) is 19.1 Å². The Labute approximate surface area is 115 Å². The number of carbonyl (C=O) groups excluding carboxylic acids is 1. The van der Waals surface area contributed by atoms with Crippen molar-refractivity contribution in [2.24, 2.45) is 5.73 Å². The van der Waals surface area contributed by atoms with Gasteiger partial charge < -0.3 is 15.4 Å². The summed E-state index contributed by atoms with van der Waals surface area (Å²) < 4.78 is 28.2. The van der Waals surface area contributed by atoms with Crippen molar-refractivity contribution in [3.05, 3.63) is 0 Å². The van der Waals surface area contributed by atoms with Crippen molar-refractivity contribution in [2.45, 2.75) is 32.2 Å². The maximum atomic E-state index is 12.1. The SMILES string of the molecule is CCCCN(C(=O)COCCN)C1CCS(=O)(=O)C1. The van der Waals surface area contributed by atoms with Crippen LogP contribution in [0.5, 0.6) is 0 Å². The molecular weight excluding hydrogens is 268 g/mol. The zero-order chi connectivity index (χ0) is 14.3. The van der Waals surface area contributed by atoms with Gasteiger partial charge in [-0.1, -0.05) is 13.3 Å². The molecule has 0 aromatic heterocycles. The molecule has 1 atom stereocenters. The van der Waals surface area contributed by atoms with Crippen molar-refractivity contribution in [1.29, 1.82) is 0 Å². The van der Waals surface area contributed by atoms with E-state index >= 15 is 0 Å². The molecule has 1 fully saturated rings. The summed E-state index contributed by atoms with van der Waals surface area (Å²) >= 11 is 0. The second kappa shape index (κ2) is 7.81. The fourth-order valence-corrected chi connectivity index (χ4v) is 3.92. The van der Waals surface area contributed by atoms with Crippen LogP contribution in [0, 0.1) is 0 Å². The van der Waals surface area contributed by atoms with Gasteiger partial charge in [0.2, 0.25) is 5.91 Å². The van der Waals surface area contributed by atoms with Crippen LogP contribution in [-0.4, -0.2) is 63.1 Å². The molecule has 1 aliphatic heterocycles. The Morgan fingerprint density at radius 1 is 1.47 bits per heavy atom. The van der Waals surface area contributed by atoms with Gasteiger partial charge in [-0.05, 0) is 12.8 Å². The molecule has 0 spiro atoms. The quantitative estimate of drug-likeness (QED) is 0.625. The zero-order valence-electron chi connectivity index (χ0n) is 11.5. The zero-order valence-corrected chi connectivity index (χ0v) is 12.3. The molecule has 0 radical (unpaired) electrons. The number of hydrogen-bond acceptors (Lipinski definition) is 5. The number of rotatable bonds is 8. The second-order valence-electron chi connectivity index (χ2n) is 4.84. The van der Waals surface area contributed by atoms with Gasteiger partial charge in [-0.3, -0.25) is 4.79 Å². The highest BCUT2D eigenvalue weighted by Gasteiger charge is 2.34. The van der Waals surface area contributed by atoms with Crippen LogP contribution >= 0.6 is 0 Å². The maximum Gasteiger partial charge on any atom is 0.248 e. The standard InChI is InChI=1S/C12H24N2O4S/c1-2-3-6-14(12(15)9-18-7-5-13)11-4-8-19(16,17)10-11/h11H,2-10,13H2,1H3. The first-order chi connectivity index (χ1) is 9.00. The third-order valence-corrected chi connectivity index (χ3v) is 4.96. The van der Waals surface area contributed by atoms with E-state index in [2.05, 4.69) is 0 Å². The van der Waals surface area contributed by atoms with Crippen molar-refractivity contribution in [3.8, 4) is 0 Å². The summed E-state index contributed by atoms with van der Waals surface area (Å²) in [6.07, 6.45) is 2.38. The Morgan fingerprint density at radius 2 is 2.21 bits per heavy atom. The van der Waals surface area contributed by atoms with Crippen molar-refractivity contribution >= 4 is 15.7 Å². The summed E-state index contributed by atoms with van der Waals surface area (Å²) in [6, 6.07) is -0.189. The summed E-state index contributed by atoms with van der Waals surface area (Å²) in [7, 11) is -2.98. The van der Waals surface area contributed by atoms with E-state index in [0.29, 0.717) is 26.1 Å². The highest BCUT2D eigenvalue weighted by molar-refractivity contribution is 7.91. The van der Waals surface area contributed by atoms with E-state index in [4.69, 9.17) is 10.5 Å². The van der Waals surface area contributed by atoms with Crippen molar-refractivity contribution in [1.82, 2.24) is 4.90 Å². The van der Waals surface area contributed by atoms with Crippen molar-refractivity contribution in [3.63, 3.8) is 0 Å². The van der Waals surface area contributed by atoms with Crippen LogP contribution in [0.3, 0.4) is 0 Å². The molecule has 0 aliphatic carbocycles. The van der Waals surface area contributed by atoms with Crippen molar-refractivity contribution < 1.29 is 17.9 Å². The molecule has 0 bridgehead atoms. The molecule has 7 heteroatoms. The molecule has 2 N–H and O–H groups in total. The topological polar surface area (TPSA) is 89.7 Å². The van der Waals surface area contributed by atoms with Crippen LogP contribution < -0.4 is 5.73 Å². The Balaban J connectivity index is 2.58. The van der Waals surface area contributed by atoms with Gasteiger partial charge in [-0.25, -0.2) is 8.42 Å². The lowest BCUT2D eigenvalue weighted by atomic mass is 10.2. The lowest BCUT2D eigenvalue weighted by Crippen LogP contribution is -2.43. The number of sulfone groups is 1. The van der Waals surface area contributed by atoms with Gasteiger partial charge >= 0.3 is 0 Å². The molecule has 1 heterocycles. The molecule has 1 aliphatic rings. The molecule has 6 nitrogen and oxygen atoms in total. The van der Waals surface area contributed by atoms with E-state index in [-0.39, 0.29) is 30.1 Å². The molecule has 1 unspecified atom stereocenters. The summed E-state index contributed by atoms with van der Waals surface area (Å²) in [5.74, 6) is 0.125. The lowest BCUT2D eigenvalue weighted by Gasteiger charge is -2.28. The largest absolute Gasteiger partial charge is 0.370 e. The van der Waals surface area contributed by atoms with E-state index < -0.39 is 9.84 Å². The first-order valence-corrected chi connectivity index (χ1v) is 8.60. The van der Waals surface area contributed by atoms with Crippen LogP contribution in [-0.2, 0) is 19.4 Å². The number of carbonyl (C=O) groups is 1. The fraction of sp³-hybridized carbons (Fsp3) is 0.917. The van der Waals surface area contributed by atoms with E-state index in [9.17, 15) is 13.2 Å². The van der Waals surface area contributed by atoms with E-state index in [1.807, 2.05) is 6.92 Å². The summed E-state index contributed by atoms with van der Waals surface area (Å²) in [5, 5.41) is 0. The van der Waals surface area contributed by atoms with Crippen LogP contribution in [0.2, 0.25) is 0 Å². The number of ether oxygens (including phenoxy) is 1. The molecule has 0 aromatic rings. The molecular formula is C12H24N2O4S. The molecule has 112 valence electrons. The van der Waals surface area contributed by atoms with Gasteiger partial charge in [-0.2, -0.15) is 0 Å². The van der Waals surface area contributed by atoms with Gasteiger partial charge in [0.05, 0.1) is 18.1 Å². The Hall–Kier alpha value is -0.660. The first kappa shape index (κ1) is 16.4. The van der Waals surface area contributed by atoms with E-state index in [1.54, 1.807) is 4.90 Å². The highest BCUT2D eigenvalue weighted by atomic mass is 32.2. The number of unbranched alkanes of at least 4 members (excludes halogenated alkanes) is 1. The van der Waals surface area contributed by atoms with Crippen LogP contribution in [0.1, 0.15) is 26.2 Å². The number of nitrogens with two attached hydrogens (primary N) is 1. The third-order valence-electron chi connectivity index (χ3n) is 3.21. The summed E-state index contributed by atoms with van der Waals surface area (Å²) in [6.45, 7) is 3.34. The average Bonchev–Trinajstić information content (AvgIpc) is 2.70. The maximum absolute atomic E-state index is 12.1. The Bertz CT molecular complexity index is 383. The Morgan fingerprint density at radius 3 is 2.74 bits per heavy atom. The second-order valence-corrected chi connectivity index (χ2v) is 7.07. The fourth-order valence-electron chi connectivity index (χ4n) is 2.19. The number of amides is 1. The monoisotopic (exact) mass is 292 g/mol. The average molecular weight is 292 g/mol. The Kier molecular flexibility index (Phi) is 6.74. The van der Waals surface area contributed by atoms with Gasteiger partial charge in [0.15, 0.2) is 9.84 Å². The predicted molar refractivity (Wildman–Crippen MR) is 73.6 cm³/mol. The van der Waals surface area contributed by atoms with Crippen molar-refractivity contribution in [2.75, 3.05) is 37.8 Å². The molecule has 0 aromatic carbocycles. The normalized spacial score (nSPS) is 21.5. The molecule has 19 heavy (non-hydrogen) atoms. The minimum atomic E-state index is -2.98. The third kappa shape index (κ3) is 5.46. The van der Waals surface area contributed by atoms with Crippen LogP contribution in [0.25, 0.3) is 0 Å². The molecule has 1 saturated heterocycles. The van der Waals surface area contributed by atoms with Crippen LogP contribution in [0.15, 0.2) is 0 Å². The predicted octanol–water partition coefficient (Wildman–Crippen LogP) is -0.222. The van der Waals surface area contributed by atoms with Gasteiger partial charge in [0.1, 0.15) is 6.61 Å². The summed E-state index contributed by atoms with van der Waals surface area (Å²) in [5.41, 5.74) is 5.30. The molecule has 1 rings (SSSR count). The smallest absolute Gasteiger partial charge is 0.248 e. The lowest BCUT2D eigenvalue weighted by molar-refractivity contribution is -0.138. The number of hydrogen-bond donors (Lipinski definition) is 1. The van der Waals surface area contributed by atoms with Gasteiger partial charge in [-0.15, -0.1) is 0 Å². The van der Waals surface area contributed by atoms with Crippen LogP contribution in [0.4, 0.5) is 0 Å². The van der Waals surface area contributed by atoms with Gasteiger partial charge in [0.25, 0.3) is 0 Å².